The lowest BCUT2D eigenvalue weighted by atomic mass is 10.0. The van der Waals surface area contributed by atoms with E-state index in [4.69, 9.17) is 0 Å². The lowest BCUT2D eigenvalue weighted by molar-refractivity contribution is 0.0956. The van der Waals surface area contributed by atoms with E-state index in [2.05, 4.69) is 11.1 Å². The number of Topliss-reactive ketones (excluding diaryl/α,β-unsaturated/α-hetero) is 1. The molecule has 0 amide bonds. The van der Waals surface area contributed by atoms with Crippen molar-refractivity contribution in [3.05, 3.63) is 41.6 Å². The largest absolute Gasteiger partial charge is 0.294 e. The number of benzene rings is 1. The molecule has 2 nitrogen and oxygen atoms in total. The van der Waals surface area contributed by atoms with E-state index in [9.17, 15) is 4.79 Å². The van der Waals surface area contributed by atoms with Crippen molar-refractivity contribution in [2.24, 2.45) is 17.8 Å². The third-order valence-corrected chi connectivity index (χ3v) is 5.07. The molecular formula is C18H19NO. The molecule has 2 aliphatic rings. The van der Waals surface area contributed by atoms with E-state index in [1.807, 2.05) is 31.2 Å². The Morgan fingerprint density at radius 3 is 2.60 bits per heavy atom. The monoisotopic (exact) mass is 265 g/mol. The van der Waals surface area contributed by atoms with Gasteiger partial charge in [-0.3, -0.25) is 9.78 Å². The van der Waals surface area contributed by atoms with E-state index < -0.39 is 0 Å². The summed E-state index contributed by atoms with van der Waals surface area (Å²) in [6, 6.07) is 10.0. The van der Waals surface area contributed by atoms with Crippen LogP contribution in [0.25, 0.3) is 10.9 Å². The zero-order chi connectivity index (χ0) is 13.7. The lowest BCUT2D eigenvalue weighted by Gasteiger charge is -2.04. The average Bonchev–Trinajstić information content (AvgIpc) is 3.20. The van der Waals surface area contributed by atoms with Crippen molar-refractivity contribution in [2.75, 3.05) is 0 Å². The van der Waals surface area contributed by atoms with E-state index in [0.717, 1.165) is 22.2 Å². The molecule has 0 radical (unpaired) electrons. The van der Waals surface area contributed by atoms with E-state index in [-0.39, 0.29) is 0 Å². The molecular weight excluding hydrogens is 246 g/mol. The second kappa shape index (κ2) is 4.41. The number of carbonyl (C=O) groups is 1. The lowest BCUT2D eigenvalue weighted by Crippen LogP contribution is -2.04. The van der Waals surface area contributed by atoms with Crippen LogP contribution in [0.4, 0.5) is 0 Å². The average molecular weight is 265 g/mol. The highest BCUT2D eigenvalue weighted by atomic mass is 16.1. The van der Waals surface area contributed by atoms with Crippen molar-refractivity contribution in [3.8, 4) is 0 Å². The zero-order valence-electron chi connectivity index (χ0n) is 11.8. The molecule has 0 N–H and O–H groups in total. The molecule has 0 saturated heterocycles. The molecule has 1 aromatic carbocycles. The van der Waals surface area contributed by atoms with Gasteiger partial charge in [0.15, 0.2) is 5.78 Å². The predicted molar refractivity (Wildman–Crippen MR) is 79.7 cm³/mol. The molecule has 0 aliphatic heterocycles. The van der Waals surface area contributed by atoms with Crippen molar-refractivity contribution in [1.82, 2.24) is 4.98 Å². The Morgan fingerprint density at radius 2 is 1.85 bits per heavy atom. The van der Waals surface area contributed by atoms with Crippen LogP contribution in [0.3, 0.4) is 0 Å². The van der Waals surface area contributed by atoms with E-state index in [1.54, 1.807) is 0 Å². The zero-order valence-corrected chi connectivity index (χ0v) is 11.8. The number of carbonyl (C=O) groups excluding carboxylic acids is 1. The van der Waals surface area contributed by atoms with Crippen LogP contribution in [0.2, 0.25) is 0 Å². The third-order valence-electron chi connectivity index (χ3n) is 5.07. The predicted octanol–water partition coefficient (Wildman–Crippen LogP) is 4.16. The molecule has 2 atom stereocenters. The highest BCUT2D eigenvalue weighted by Crippen LogP contribution is 2.56. The van der Waals surface area contributed by atoms with Gasteiger partial charge in [0.05, 0.1) is 5.52 Å². The number of pyridine rings is 1. The molecule has 2 aromatic rings. The molecule has 2 aliphatic carbocycles. The molecule has 2 saturated carbocycles. The Bertz CT molecular complexity index is 679. The fraction of sp³-hybridized carbons (Fsp3) is 0.444. The second-order valence-corrected chi connectivity index (χ2v) is 6.36. The molecule has 20 heavy (non-hydrogen) atoms. The Labute approximate surface area is 119 Å². The molecule has 2 unspecified atom stereocenters. The SMILES string of the molecule is Cc1ccc2cc(C(=O)C3C4CCCCC43)ccc2n1. The second-order valence-electron chi connectivity index (χ2n) is 6.36. The van der Waals surface area contributed by atoms with Gasteiger partial charge in [-0.05, 0) is 55.9 Å². The maximum absolute atomic E-state index is 12.7. The van der Waals surface area contributed by atoms with Gasteiger partial charge in [0, 0.05) is 22.6 Å². The molecule has 0 spiro atoms. The third kappa shape index (κ3) is 1.86. The summed E-state index contributed by atoms with van der Waals surface area (Å²) in [6.07, 6.45) is 5.14. The van der Waals surface area contributed by atoms with Crippen molar-refractivity contribution in [1.29, 1.82) is 0 Å². The minimum atomic E-state index is 0.313. The Morgan fingerprint density at radius 1 is 1.10 bits per heavy atom. The molecule has 102 valence electrons. The van der Waals surface area contributed by atoms with Gasteiger partial charge in [0.2, 0.25) is 0 Å². The van der Waals surface area contributed by atoms with Crippen LogP contribution in [0, 0.1) is 24.7 Å². The first-order chi connectivity index (χ1) is 9.74. The van der Waals surface area contributed by atoms with Crippen LogP contribution >= 0.6 is 0 Å². The fourth-order valence-corrected chi connectivity index (χ4v) is 3.95. The minimum absolute atomic E-state index is 0.313. The summed E-state index contributed by atoms with van der Waals surface area (Å²) < 4.78 is 0. The van der Waals surface area contributed by atoms with Gasteiger partial charge in [-0.25, -0.2) is 0 Å². The Balaban J connectivity index is 1.65. The highest BCUT2D eigenvalue weighted by molar-refractivity contribution is 6.02. The van der Waals surface area contributed by atoms with Gasteiger partial charge in [-0.1, -0.05) is 18.9 Å². The van der Waals surface area contributed by atoms with Crippen molar-refractivity contribution in [3.63, 3.8) is 0 Å². The first kappa shape index (κ1) is 12.1. The number of ketones is 1. The van der Waals surface area contributed by atoms with Crippen molar-refractivity contribution >= 4 is 16.7 Å². The number of fused-ring (bicyclic) bond motifs is 2. The van der Waals surface area contributed by atoms with E-state index in [0.29, 0.717) is 23.5 Å². The number of nitrogens with zero attached hydrogens (tertiary/aromatic N) is 1. The fourth-order valence-electron chi connectivity index (χ4n) is 3.95. The summed E-state index contributed by atoms with van der Waals surface area (Å²) in [5.74, 6) is 2.05. The summed E-state index contributed by atoms with van der Waals surface area (Å²) in [6.45, 7) is 1.99. The first-order valence-electron chi connectivity index (χ1n) is 7.66. The smallest absolute Gasteiger partial charge is 0.166 e. The summed E-state index contributed by atoms with van der Waals surface area (Å²) in [5, 5.41) is 1.07. The van der Waals surface area contributed by atoms with Gasteiger partial charge >= 0.3 is 0 Å². The van der Waals surface area contributed by atoms with Crippen LogP contribution in [-0.4, -0.2) is 10.8 Å². The Kier molecular flexibility index (Phi) is 2.66. The standard InChI is InChI=1S/C18H19NO/c1-11-6-7-12-10-13(8-9-16(12)19-11)18(20)17-14-4-2-3-5-15(14)17/h6-10,14-15,17H,2-5H2,1H3. The minimum Gasteiger partial charge on any atom is -0.294 e. The summed E-state index contributed by atoms with van der Waals surface area (Å²) in [5.41, 5.74) is 2.88. The number of hydrogen-bond donors (Lipinski definition) is 0. The highest BCUT2D eigenvalue weighted by Gasteiger charge is 2.54. The maximum atomic E-state index is 12.7. The van der Waals surface area contributed by atoms with Gasteiger partial charge in [-0.15, -0.1) is 0 Å². The van der Waals surface area contributed by atoms with Crippen LogP contribution < -0.4 is 0 Å². The van der Waals surface area contributed by atoms with Gasteiger partial charge < -0.3 is 0 Å². The number of rotatable bonds is 2. The van der Waals surface area contributed by atoms with Crippen LogP contribution in [0.15, 0.2) is 30.3 Å². The molecule has 0 bridgehead atoms. The summed E-state index contributed by atoms with van der Waals surface area (Å²) in [4.78, 5) is 17.2. The molecule has 1 heterocycles. The summed E-state index contributed by atoms with van der Waals surface area (Å²) in [7, 11) is 0. The number of aromatic nitrogens is 1. The van der Waals surface area contributed by atoms with Gasteiger partial charge in [-0.2, -0.15) is 0 Å². The van der Waals surface area contributed by atoms with E-state index >= 15 is 0 Å². The van der Waals surface area contributed by atoms with Gasteiger partial charge in [0.1, 0.15) is 0 Å². The molecule has 4 rings (SSSR count). The first-order valence-corrected chi connectivity index (χ1v) is 7.66. The summed E-state index contributed by atoms with van der Waals surface area (Å²) >= 11 is 0. The molecule has 2 fully saturated rings. The van der Waals surface area contributed by atoms with Crippen LogP contribution in [0.5, 0.6) is 0 Å². The van der Waals surface area contributed by atoms with Crippen molar-refractivity contribution in [2.45, 2.75) is 32.6 Å². The maximum Gasteiger partial charge on any atom is 0.166 e. The quantitative estimate of drug-likeness (QED) is 0.763. The van der Waals surface area contributed by atoms with Crippen LogP contribution in [0.1, 0.15) is 41.7 Å². The van der Waals surface area contributed by atoms with Gasteiger partial charge in [0.25, 0.3) is 0 Å². The molecule has 2 heteroatoms. The number of hydrogen-bond acceptors (Lipinski definition) is 2. The Hall–Kier alpha value is -1.70. The normalized spacial score (nSPS) is 28.1. The topological polar surface area (TPSA) is 30.0 Å². The molecule has 1 aromatic heterocycles. The van der Waals surface area contributed by atoms with Crippen LogP contribution in [-0.2, 0) is 0 Å². The number of aryl methyl sites for hydroxylation is 1. The van der Waals surface area contributed by atoms with E-state index in [1.165, 1.54) is 25.7 Å². The van der Waals surface area contributed by atoms with Crippen molar-refractivity contribution < 1.29 is 4.79 Å².